The third-order valence-electron chi connectivity index (χ3n) is 3.26. The molecule has 0 saturated carbocycles. The van der Waals surface area contributed by atoms with E-state index in [1.165, 1.54) is 11.3 Å². The van der Waals surface area contributed by atoms with E-state index in [4.69, 9.17) is 0 Å². The summed E-state index contributed by atoms with van der Waals surface area (Å²) in [5.41, 5.74) is 1.93. The van der Waals surface area contributed by atoms with Crippen LogP contribution in [0.5, 0.6) is 0 Å². The fourth-order valence-electron chi connectivity index (χ4n) is 2.21. The van der Waals surface area contributed by atoms with E-state index in [0.717, 1.165) is 16.0 Å². The maximum absolute atomic E-state index is 12.4. The summed E-state index contributed by atoms with van der Waals surface area (Å²) in [5.74, 6) is 0.683. The van der Waals surface area contributed by atoms with Crippen LogP contribution in [0.1, 0.15) is 19.7 Å². The molecule has 0 radical (unpaired) electrons. The average Bonchev–Trinajstić information content (AvgIpc) is 2.90. The van der Waals surface area contributed by atoms with Gasteiger partial charge in [-0.2, -0.15) is 0 Å². The second-order valence-corrected chi connectivity index (χ2v) is 6.10. The van der Waals surface area contributed by atoms with Gasteiger partial charge >= 0.3 is 0 Å². The van der Waals surface area contributed by atoms with Gasteiger partial charge in [-0.15, -0.1) is 11.3 Å². The molecule has 0 atom stereocenters. The minimum atomic E-state index is -0.0688. The lowest BCUT2D eigenvalue weighted by molar-refractivity contribution is 0.573. The SMILES string of the molecule is CC(C)NCc1nc2scc(-c3ccccc3)c2c(=O)[nH]1. The second kappa shape index (κ2) is 5.79. The Hall–Kier alpha value is -1.98. The molecule has 21 heavy (non-hydrogen) atoms. The van der Waals surface area contributed by atoms with Crippen molar-refractivity contribution in [3.63, 3.8) is 0 Å². The van der Waals surface area contributed by atoms with E-state index >= 15 is 0 Å². The zero-order chi connectivity index (χ0) is 14.8. The van der Waals surface area contributed by atoms with Gasteiger partial charge in [0.15, 0.2) is 0 Å². The summed E-state index contributed by atoms with van der Waals surface area (Å²) >= 11 is 1.51. The minimum Gasteiger partial charge on any atom is -0.309 e. The number of H-pyrrole nitrogens is 1. The highest BCUT2D eigenvalue weighted by Gasteiger charge is 2.12. The maximum Gasteiger partial charge on any atom is 0.260 e. The second-order valence-electron chi connectivity index (χ2n) is 5.24. The summed E-state index contributed by atoms with van der Waals surface area (Å²) < 4.78 is 0. The molecular formula is C16H17N3OS. The lowest BCUT2D eigenvalue weighted by atomic mass is 10.1. The lowest BCUT2D eigenvalue weighted by Crippen LogP contribution is -2.24. The topological polar surface area (TPSA) is 57.8 Å². The molecule has 0 aliphatic rings. The molecule has 0 unspecified atom stereocenters. The van der Waals surface area contributed by atoms with E-state index < -0.39 is 0 Å². The Morgan fingerprint density at radius 1 is 1.29 bits per heavy atom. The van der Waals surface area contributed by atoms with Crippen LogP contribution < -0.4 is 10.9 Å². The van der Waals surface area contributed by atoms with Crippen molar-refractivity contribution in [3.8, 4) is 11.1 Å². The predicted octanol–water partition coefficient (Wildman–Crippen LogP) is 3.15. The Balaban J connectivity index is 2.06. The van der Waals surface area contributed by atoms with Crippen LogP contribution >= 0.6 is 11.3 Å². The number of fused-ring (bicyclic) bond motifs is 1. The molecular weight excluding hydrogens is 282 g/mol. The standard InChI is InChI=1S/C16H17N3OS/c1-10(2)17-8-13-18-15(20)14-12(9-21-16(14)19-13)11-6-4-3-5-7-11/h3-7,9-10,17H,8H2,1-2H3,(H,18,19,20). The van der Waals surface area contributed by atoms with E-state index in [1.54, 1.807) is 0 Å². The Bertz CT molecular complexity index is 805. The molecule has 0 aliphatic carbocycles. The van der Waals surface area contributed by atoms with Crippen molar-refractivity contribution in [1.82, 2.24) is 15.3 Å². The first kappa shape index (κ1) is 14.0. The van der Waals surface area contributed by atoms with Crippen molar-refractivity contribution < 1.29 is 0 Å². The van der Waals surface area contributed by atoms with Gasteiger partial charge in [-0.05, 0) is 5.56 Å². The van der Waals surface area contributed by atoms with E-state index in [2.05, 4.69) is 29.1 Å². The average molecular weight is 299 g/mol. The lowest BCUT2D eigenvalue weighted by Gasteiger charge is -2.07. The van der Waals surface area contributed by atoms with Gasteiger partial charge in [-0.25, -0.2) is 4.98 Å². The summed E-state index contributed by atoms with van der Waals surface area (Å²) in [7, 11) is 0. The molecule has 2 aromatic heterocycles. The molecule has 2 heterocycles. The van der Waals surface area contributed by atoms with Crippen LogP contribution in [0, 0.1) is 0 Å². The summed E-state index contributed by atoms with van der Waals surface area (Å²) in [6.07, 6.45) is 0. The van der Waals surface area contributed by atoms with Crippen molar-refractivity contribution in [2.45, 2.75) is 26.4 Å². The quantitative estimate of drug-likeness (QED) is 0.778. The van der Waals surface area contributed by atoms with Crippen molar-refractivity contribution >= 4 is 21.6 Å². The third-order valence-corrected chi connectivity index (χ3v) is 4.13. The molecule has 1 aromatic carbocycles. The molecule has 2 N–H and O–H groups in total. The maximum atomic E-state index is 12.4. The Kier molecular flexibility index (Phi) is 3.86. The molecule has 3 aromatic rings. The van der Waals surface area contributed by atoms with Crippen molar-refractivity contribution in [2.75, 3.05) is 0 Å². The van der Waals surface area contributed by atoms with Crippen LogP contribution in [-0.4, -0.2) is 16.0 Å². The molecule has 0 aliphatic heterocycles. The molecule has 0 saturated heterocycles. The molecule has 0 fully saturated rings. The van der Waals surface area contributed by atoms with Crippen molar-refractivity contribution in [1.29, 1.82) is 0 Å². The number of thiophene rings is 1. The smallest absolute Gasteiger partial charge is 0.260 e. The number of rotatable bonds is 4. The van der Waals surface area contributed by atoms with E-state index in [-0.39, 0.29) is 5.56 Å². The van der Waals surface area contributed by atoms with E-state index in [0.29, 0.717) is 23.8 Å². The number of aromatic nitrogens is 2. The number of aromatic amines is 1. The third kappa shape index (κ3) is 2.89. The Morgan fingerprint density at radius 2 is 2.05 bits per heavy atom. The summed E-state index contributed by atoms with van der Waals surface area (Å²) in [5, 5.41) is 5.95. The first-order valence-electron chi connectivity index (χ1n) is 6.94. The summed E-state index contributed by atoms with van der Waals surface area (Å²) in [4.78, 5) is 20.6. The zero-order valence-corrected chi connectivity index (χ0v) is 12.8. The van der Waals surface area contributed by atoms with Gasteiger partial charge in [-0.3, -0.25) is 4.79 Å². The molecule has 3 rings (SSSR count). The van der Waals surface area contributed by atoms with Crippen molar-refractivity contribution in [2.24, 2.45) is 0 Å². The number of hydrogen-bond donors (Lipinski definition) is 2. The minimum absolute atomic E-state index is 0.0688. The van der Waals surface area contributed by atoms with Crippen LogP contribution in [0.4, 0.5) is 0 Å². The highest BCUT2D eigenvalue weighted by atomic mass is 32.1. The van der Waals surface area contributed by atoms with Crippen LogP contribution in [0.25, 0.3) is 21.3 Å². The zero-order valence-electron chi connectivity index (χ0n) is 12.0. The summed E-state index contributed by atoms with van der Waals surface area (Å²) in [6.45, 7) is 4.70. The molecule has 0 amide bonds. The van der Waals surface area contributed by atoms with Gasteiger partial charge in [0.1, 0.15) is 10.7 Å². The summed E-state index contributed by atoms with van der Waals surface area (Å²) in [6, 6.07) is 10.3. The fourth-order valence-corrected chi connectivity index (χ4v) is 3.17. The molecule has 0 bridgehead atoms. The van der Waals surface area contributed by atoms with Gasteiger partial charge < -0.3 is 10.3 Å². The Morgan fingerprint density at radius 3 is 2.76 bits per heavy atom. The fraction of sp³-hybridized carbons (Fsp3) is 0.250. The highest BCUT2D eigenvalue weighted by Crippen LogP contribution is 2.30. The van der Waals surface area contributed by atoms with Gasteiger partial charge in [-0.1, -0.05) is 44.2 Å². The number of nitrogens with zero attached hydrogens (tertiary/aromatic N) is 1. The Labute approximate surface area is 126 Å². The number of hydrogen-bond acceptors (Lipinski definition) is 4. The largest absolute Gasteiger partial charge is 0.309 e. The van der Waals surface area contributed by atoms with Crippen LogP contribution in [0.3, 0.4) is 0 Å². The van der Waals surface area contributed by atoms with E-state index in [9.17, 15) is 4.79 Å². The number of nitrogens with one attached hydrogen (secondary N) is 2. The highest BCUT2D eigenvalue weighted by molar-refractivity contribution is 7.17. The molecule has 5 heteroatoms. The monoisotopic (exact) mass is 299 g/mol. The van der Waals surface area contributed by atoms with E-state index in [1.807, 2.05) is 35.7 Å². The predicted molar refractivity (Wildman–Crippen MR) is 87.7 cm³/mol. The van der Waals surface area contributed by atoms with Crippen LogP contribution in [0.15, 0.2) is 40.5 Å². The first-order valence-corrected chi connectivity index (χ1v) is 7.82. The molecule has 4 nitrogen and oxygen atoms in total. The van der Waals surface area contributed by atoms with Gasteiger partial charge in [0, 0.05) is 17.0 Å². The van der Waals surface area contributed by atoms with Crippen LogP contribution in [-0.2, 0) is 6.54 Å². The van der Waals surface area contributed by atoms with Crippen LogP contribution in [0.2, 0.25) is 0 Å². The normalized spacial score (nSPS) is 11.4. The number of benzene rings is 1. The first-order chi connectivity index (χ1) is 10.1. The molecule has 108 valence electrons. The molecule has 0 spiro atoms. The van der Waals surface area contributed by atoms with Crippen molar-refractivity contribution in [3.05, 3.63) is 51.9 Å². The van der Waals surface area contributed by atoms with Gasteiger partial charge in [0.05, 0.1) is 11.9 Å². The van der Waals surface area contributed by atoms with Gasteiger partial charge in [0.2, 0.25) is 0 Å². The van der Waals surface area contributed by atoms with Gasteiger partial charge in [0.25, 0.3) is 5.56 Å².